The third-order valence-corrected chi connectivity index (χ3v) is 1.68. The highest BCUT2D eigenvalue weighted by atomic mass is 16.3. The highest BCUT2D eigenvalue weighted by molar-refractivity contribution is 5.95. The maximum Gasteiger partial charge on any atom is 0.249 e. The van der Waals surface area contributed by atoms with Gasteiger partial charge in [-0.2, -0.15) is 0 Å². The lowest BCUT2D eigenvalue weighted by atomic mass is 10.1. The molecule has 0 aromatic heterocycles. The standard InChI is InChI=1S/C8H9NO3/c1-4-5(8(9)12)2-3-6(10)7(4)11/h2-3,10-11H,1H3,(H2,9,12). The van der Waals surface area contributed by atoms with E-state index in [9.17, 15) is 9.90 Å². The Bertz CT molecular complexity index is 333. The maximum absolute atomic E-state index is 10.7. The first-order chi connectivity index (χ1) is 5.54. The van der Waals surface area contributed by atoms with Gasteiger partial charge >= 0.3 is 0 Å². The van der Waals surface area contributed by atoms with Crippen molar-refractivity contribution in [2.75, 3.05) is 0 Å². The molecule has 0 fully saturated rings. The van der Waals surface area contributed by atoms with Gasteiger partial charge in [0, 0.05) is 11.1 Å². The fourth-order valence-electron chi connectivity index (χ4n) is 0.953. The fourth-order valence-corrected chi connectivity index (χ4v) is 0.953. The average molecular weight is 167 g/mol. The molecule has 0 atom stereocenters. The Morgan fingerprint density at radius 2 is 2.00 bits per heavy atom. The van der Waals surface area contributed by atoms with Crippen LogP contribution < -0.4 is 5.73 Å². The van der Waals surface area contributed by atoms with Crippen LogP contribution in [-0.2, 0) is 0 Å². The number of carbonyl (C=O) groups is 1. The number of phenols is 2. The Kier molecular flexibility index (Phi) is 1.91. The van der Waals surface area contributed by atoms with Crippen molar-refractivity contribution in [3.05, 3.63) is 23.3 Å². The molecule has 64 valence electrons. The molecule has 4 nitrogen and oxygen atoms in total. The summed E-state index contributed by atoms with van der Waals surface area (Å²) in [4.78, 5) is 10.7. The van der Waals surface area contributed by atoms with E-state index in [0.29, 0.717) is 5.56 Å². The molecular weight excluding hydrogens is 158 g/mol. The first-order valence-corrected chi connectivity index (χ1v) is 3.35. The Hall–Kier alpha value is -1.71. The van der Waals surface area contributed by atoms with E-state index in [0.717, 1.165) is 0 Å². The minimum absolute atomic E-state index is 0.213. The van der Waals surface area contributed by atoms with Crippen molar-refractivity contribution in [1.29, 1.82) is 0 Å². The Morgan fingerprint density at radius 3 is 2.50 bits per heavy atom. The summed E-state index contributed by atoms with van der Waals surface area (Å²) in [7, 11) is 0. The predicted octanol–water partition coefficient (Wildman–Crippen LogP) is 0.505. The summed E-state index contributed by atoms with van der Waals surface area (Å²) in [6.45, 7) is 1.51. The first kappa shape index (κ1) is 8.39. The Labute approximate surface area is 69.3 Å². The van der Waals surface area contributed by atoms with Crippen LogP contribution in [0.5, 0.6) is 11.5 Å². The molecule has 0 saturated carbocycles. The van der Waals surface area contributed by atoms with Crippen LogP contribution in [0.25, 0.3) is 0 Å². The van der Waals surface area contributed by atoms with E-state index >= 15 is 0 Å². The van der Waals surface area contributed by atoms with Crippen molar-refractivity contribution >= 4 is 5.91 Å². The molecular formula is C8H9NO3. The highest BCUT2D eigenvalue weighted by Gasteiger charge is 2.10. The van der Waals surface area contributed by atoms with Crippen molar-refractivity contribution < 1.29 is 15.0 Å². The van der Waals surface area contributed by atoms with Gasteiger partial charge in [-0.3, -0.25) is 4.79 Å². The zero-order chi connectivity index (χ0) is 9.30. The number of rotatable bonds is 1. The molecule has 0 aliphatic carbocycles. The third kappa shape index (κ3) is 1.18. The Morgan fingerprint density at radius 1 is 1.42 bits per heavy atom. The lowest BCUT2D eigenvalue weighted by Crippen LogP contribution is -2.12. The maximum atomic E-state index is 10.7. The second kappa shape index (κ2) is 2.73. The first-order valence-electron chi connectivity index (χ1n) is 3.35. The molecule has 0 aliphatic rings. The van der Waals surface area contributed by atoms with E-state index in [1.54, 1.807) is 0 Å². The Balaban J connectivity index is 3.36. The van der Waals surface area contributed by atoms with Gasteiger partial charge in [0.25, 0.3) is 0 Å². The summed E-state index contributed by atoms with van der Waals surface area (Å²) in [5, 5.41) is 18.2. The van der Waals surface area contributed by atoms with Crippen molar-refractivity contribution in [2.24, 2.45) is 5.73 Å². The number of hydrogen-bond acceptors (Lipinski definition) is 3. The van der Waals surface area contributed by atoms with Crippen molar-refractivity contribution in [3.63, 3.8) is 0 Å². The molecule has 1 rings (SSSR count). The number of carbonyl (C=O) groups excluding carboxylic acids is 1. The molecule has 0 radical (unpaired) electrons. The van der Waals surface area contributed by atoms with Crippen molar-refractivity contribution in [1.82, 2.24) is 0 Å². The molecule has 0 heterocycles. The predicted molar refractivity (Wildman–Crippen MR) is 43.0 cm³/mol. The SMILES string of the molecule is Cc1c(C(N)=O)ccc(O)c1O. The van der Waals surface area contributed by atoms with Gasteiger partial charge in [0.15, 0.2) is 11.5 Å². The summed E-state index contributed by atoms with van der Waals surface area (Å²) in [5.74, 6) is -1.17. The van der Waals surface area contributed by atoms with Gasteiger partial charge < -0.3 is 15.9 Å². The highest BCUT2D eigenvalue weighted by Crippen LogP contribution is 2.29. The van der Waals surface area contributed by atoms with E-state index in [1.807, 2.05) is 0 Å². The van der Waals surface area contributed by atoms with Crippen LogP contribution in [0.3, 0.4) is 0 Å². The second-order valence-electron chi connectivity index (χ2n) is 2.47. The normalized spacial score (nSPS) is 9.75. The molecule has 1 amide bonds. The van der Waals surface area contributed by atoms with Gasteiger partial charge in [0.2, 0.25) is 5.91 Å². The number of phenolic OH excluding ortho intramolecular Hbond substituents is 2. The second-order valence-corrected chi connectivity index (χ2v) is 2.47. The number of hydrogen-bond donors (Lipinski definition) is 3. The summed E-state index contributed by atoms with van der Waals surface area (Å²) in [5.41, 5.74) is 5.51. The van der Waals surface area contributed by atoms with Gasteiger partial charge in [-0.15, -0.1) is 0 Å². The molecule has 0 bridgehead atoms. The van der Waals surface area contributed by atoms with E-state index in [4.69, 9.17) is 10.8 Å². The third-order valence-electron chi connectivity index (χ3n) is 1.68. The van der Waals surface area contributed by atoms with Crippen LogP contribution in [0.2, 0.25) is 0 Å². The van der Waals surface area contributed by atoms with Gasteiger partial charge in [0.1, 0.15) is 0 Å². The van der Waals surface area contributed by atoms with Gasteiger partial charge in [0.05, 0.1) is 0 Å². The van der Waals surface area contributed by atoms with Crippen LogP contribution in [0.1, 0.15) is 15.9 Å². The van der Waals surface area contributed by atoms with Crippen LogP contribution in [0, 0.1) is 6.92 Å². The smallest absolute Gasteiger partial charge is 0.249 e. The quantitative estimate of drug-likeness (QED) is 0.532. The largest absolute Gasteiger partial charge is 0.504 e. The zero-order valence-electron chi connectivity index (χ0n) is 6.53. The van der Waals surface area contributed by atoms with Gasteiger partial charge in [-0.1, -0.05) is 0 Å². The lowest BCUT2D eigenvalue weighted by molar-refractivity contribution is 0.0999. The molecule has 0 unspecified atom stereocenters. The number of nitrogens with two attached hydrogens (primary N) is 1. The van der Waals surface area contributed by atoms with Crippen LogP contribution in [0.4, 0.5) is 0 Å². The zero-order valence-corrected chi connectivity index (χ0v) is 6.53. The van der Waals surface area contributed by atoms with Crippen molar-refractivity contribution in [3.8, 4) is 11.5 Å². The van der Waals surface area contributed by atoms with Crippen LogP contribution >= 0.6 is 0 Å². The number of aromatic hydroxyl groups is 2. The molecule has 1 aromatic carbocycles. The molecule has 4 N–H and O–H groups in total. The fraction of sp³-hybridized carbons (Fsp3) is 0.125. The topological polar surface area (TPSA) is 83.6 Å². The van der Waals surface area contributed by atoms with Gasteiger partial charge in [-0.05, 0) is 19.1 Å². The molecule has 1 aromatic rings. The van der Waals surface area contributed by atoms with Crippen molar-refractivity contribution in [2.45, 2.75) is 6.92 Å². The molecule has 0 spiro atoms. The number of amides is 1. The summed E-state index contributed by atoms with van der Waals surface area (Å²) >= 11 is 0. The summed E-state index contributed by atoms with van der Waals surface area (Å²) in [6, 6.07) is 2.59. The number of benzene rings is 1. The molecule has 0 saturated heterocycles. The summed E-state index contributed by atoms with van der Waals surface area (Å²) < 4.78 is 0. The minimum atomic E-state index is -0.622. The molecule has 0 aliphatic heterocycles. The van der Waals surface area contributed by atoms with E-state index in [2.05, 4.69) is 0 Å². The average Bonchev–Trinajstić information content (AvgIpc) is 2.00. The van der Waals surface area contributed by atoms with Gasteiger partial charge in [-0.25, -0.2) is 0 Å². The van der Waals surface area contributed by atoms with E-state index in [1.165, 1.54) is 19.1 Å². The lowest BCUT2D eigenvalue weighted by Gasteiger charge is -2.04. The van der Waals surface area contributed by atoms with Crippen LogP contribution in [0.15, 0.2) is 12.1 Å². The molecule has 4 heteroatoms. The monoisotopic (exact) mass is 167 g/mol. The number of primary amides is 1. The summed E-state index contributed by atoms with van der Waals surface area (Å²) in [6.07, 6.45) is 0. The minimum Gasteiger partial charge on any atom is -0.504 e. The van der Waals surface area contributed by atoms with E-state index < -0.39 is 5.91 Å². The molecule has 12 heavy (non-hydrogen) atoms. The van der Waals surface area contributed by atoms with Crippen LogP contribution in [-0.4, -0.2) is 16.1 Å². The van der Waals surface area contributed by atoms with E-state index in [-0.39, 0.29) is 17.1 Å².